The fourth-order valence-electron chi connectivity index (χ4n) is 7.18. The number of aromatic nitrogens is 1. The van der Waals surface area contributed by atoms with Crippen molar-refractivity contribution in [2.24, 2.45) is 0 Å². The van der Waals surface area contributed by atoms with E-state index in [9.17, 15) is 0 Å². The molecule has 1 aliphatic heterocycles. The number of fused-ring (bicyclic) bond motifs is 3. The molecular formula is C44H38N2. The third kappa shape index (κ3) is 5.04. The van der Waals surface area contributed by atoms with Crippen molar-refractivity contribution in [3.8, 4) is 22.3 Å². The average Bonchev–Trinajstić information content (AvgIpc) is 3.10. The van der Waals surface area contributed by atoms with Crippen molar-refractivity contribution in [2.45, 2.75) is 38.5 Å². The molecule has 2 nitrogen and oxygen atoms in total. The minimum atomic E-state index is 0.0789. The highest BCUT2D eigenvalue weighted by molar-refractivity contribution is 6.21. The van der Waals surface area contributed by atoms with Crippen molar-refractivity contribution in [3.05, 3.63) is 162 Å². The molecule has 0 saturated carbocycles. The Hall–Kier alpha value is -5.21. The van der Waals surface area contributed by atoms with Crippen LogP contribution in [0.5, 0.6) is 0 Å². The Morgan fingerprint density at radius 1 is 0.674 bits per heavy atom. The lowest BCUT2D eigenvalue weighted by Crippen LogP contribution is -2.11. The summed E-state index contributed by atoms with van der Waals surface area (Å²) >= 11 is 0. The lowest BCUT2D eigenvalue weighted by atomic mass is 9.81. The highest BCUT2D eigenvalue weighted by Gasteiger charge is 2.22. The van der Waals surface area contributed by atoms with Crippen LogP contribution in [0, 0.1) is 0 Å². The summed E-state index contributed by atoms with van der Waals surface area (Å²) in [6.07, 6.45) is 11.9. The van der Waals surface area contributed by atoms with Crippen LogP contribution < -0.4 is 5.32 Å². The summed E-state index contributed by atoms with van der Waals surface area (Å²) in [5.41, 5.74) is 12.6. The molecule has 0 saturated heterocycles. The Morgan fingerprint density at radius 2 is 1.35 bits per heavy atom. The Kier molecular flexibility index (Phi) is 6.95. The van der Waals surface area contributed by atoms with E-state index in [1.54, 1.807) is 0 Å². The van der Waals surface area contributed by atoms with E-state index >= 15 is 0 Å². The maximum Gasteiger partial charge on any atom is 0.0703 e. The molecule has 0 fully saturated rings. The second-order valence-electron chi connectivity index (χ2n) is 13.6. The van der Waals surface area contributed by atoms with Crippen molar-refractivity contribution in [3.63, 3.8) is 0 Å². The number of rotatable bonds is 4. The molecule has 46 heavy (non-hydrogen) atoms. The zero-order valence-corrected chi connectivity index (χ0v) is 26.7. The minimum Gasteiger partial charge on any atom is -0.387 e. The summed E-state index contributed by atoms with van der Waals surface area (Å²) in [5, 5.41) is 8.40. The predicted octanol–water partition coefficient (Wildman–Crippen LogP) is 10.9. The van der Waals surface area contributed by atoms with Gasteiger partial charge < -0.3 is 5.32 Å². The van der Waals surface area contributed by atoms with Gasteiger partial charge in [0, 0.05) is 18.2 Å². The number of hydrogen-bond donors (Lipinski definition) is 1. The number of dihydropyridines is 1. The molecule has 8 rings (SSSR count). The second-order valence-corrected chi connectivity index (χ2v) is 13.6. The molecule has 1 unspecified atom stereocenters. The smallest absolute Gasteiger partial charge is 0.0703 e. The highest BCUT2D eigenvalue weighted by atomic mass is 14.8. The van der Waals surface area contributed by atoms with Crippen LogP contribution in [0.25, 0.3) is 55.4 Å². The number of allylic oxidation sites excluding steroid dienone is 3. The van der Waals surface area contributed by atoms with Crippen LogP contribution in [0.15, 0.2) is 134 Å². The van der Waals surface area contributed by atoms with Gasteiger partial charge in [-0.15, -0.1) is 0 Å². The molecule has 1 atom stereocenters. The van der Waals surface area contributed by atoms with E-state index in [0.29, 0.717) is 0 Å². The molecule has 2 aliphatic rings. The Bertz CT molecular complexity index is 2170. The molecular weight excluding hydrogens is 556 g/mol. The molecule has 2 heterocycles. The van der Waals surface area contributed by atoms with Gasteiger partial charge in [0.1, 0.15) is 0 Å². The maximum atomic E-state index is 5.12. The zero-order chi connectivity index (χ0) is 31.3. The van der Waals surface area contributed by atoms with Crippen LogP contribution in [-0.4, -0.2) is 11.5 Å². The maximum absolute atomic E-state index is 5.12. The molecule has 1 N–H and O–H groups in total. The van der Waals surface area contributed by atoms with E-state index < -0.39 is 0 Å². The van der Waals surface area contributed by atoms with Gasteiger partial charge in [-0.25, -0.2) is 0 Å². The summed E-state index contributed by atoms with van der Waals surface area (Å²) in [4.78, 5) is 5.12. The summed E-state index contributed by atoms with van der Waals surface area (Å²) < 4.78 is 0. The zero-order valence-electron chi connectivity index (χ0n) is 26.7. The van der Waals surface area contributed by atoms with Crippen molar-refractivity contribution in [2.75, 3.05) is 6.54 Å². The van der Waals surface area contributed by atoms with E-state index in [1.807, 2.05) is 6.20 Å². The van der Waals surface area contributed by atoms with Gasteiger partial charge >= 0.3 is 0 Å². The van der Waals surface area contributed by atoms with Crippen LogP contribution in [0.4, 0.5) is 0 Å². The Balaban J connectivity index is 1.25. The van der Waals surface area contributed by atoms with Crippen LogP contribution in [0.1, 0.15) is 54.8 Å². The van der Waals surface area contributed by atoms with E-state index in [0.717, 1.165) is 24.4 Å². The van der Waals surface area contributed by atoms with Crippen molar-refractivity contribution >= 4 is 33.2 Å². The first-order valence-electron chi connectivity index (χ1n) is 16.4. The number of nitrogens with one attached hydrogen (secondary N) is 1. The van der Waals surface area contributed by atoms with Crippen molar-refractivity contribution in [1.82, 2.24) is 10.3 Å². The standard InChI is InChI=1S/C44H38N2/c1-44(2,3)35-11-8-10-32(28-35)42-36-12-4-6-14-38(36)43(39-15-7-5-13-37(39)42)33-21-19-29-18-20-31(26-34(29)27-33)41-17-9-16-40(46-41)30-22-24-45-25-23-30/h4-24,27-28,31,45H,25-26H2,1-3H3. The third-order valence-corrected chi connectivity index (χ3v) is 9.60. The first-order chi connectivity index (χ1) is 22.4. The van der Waals surface area contributed by atoms with E-state index in [1.165, 1.54) is 66.1 Å². The molecule has 2 heteroatoms. The van der Waals surface area contributed by atoms with E-state index in [-0.39, 0.29) is 11.3 Å². The summed E-state index contributed by atoms with van der Waals surface area (Å²) in [5.74, 6) is 0.236. The number of pyridine rings is 1. The van der Waals surface area contributed by atoms with Gasteiger partial charge in [-0.3, -0.25) is 4.98 Å². The molecule has 1 aromatic heterocycles. The molecule has 0 bridgehead atoms. The molecule has 0 amide bonds. The molecule has 0 spiro atoms. The quantitative estimate of drug-likeness (QED) is 0.205. The van der Waals surface area contributed by atoms with Crippen molar-refractivity contribution in [1.29, 1.82) is 0 Å². The van der Waals surface area contributed by atoms with Crippen LogP contribution in [-0.2, 0) is 11.8 Å². The van der Waals surface area contributed by atoms with E-state index in [4.69, 9.17) is 4.98 Å². The number of nitrogens with zero attached hydrogens (tertiary/aromatic N) is 1. The van der Waals surface area contributed by atoms with Gasteiger partial charge in [-0.2, -0.15) is 0 Å². The fourth-order valence-corrected chi connectivity index (χ4v) is 7.18. The van der Waals surface area contributed by atoms with Crippen molar-refractivity contribution < 1.29 is 0 Å². The molecule has 0 radical (unpaired) electrons. The predicted molar refractivity (Wildman–Crippen MR) is 196 cm³/mol. The second kappa shape index (κ2) is 11.3. The van der Waals surface area contributed by atoms with Gasteiger partial charge in [-0.1, -0.05) is 136 Å². The normalized spacial score (nSPS) is 15.9. The van der Waals surface area contributed by atoms with Gasteiger partial charge in [-0.05, 0) is 102 Å². The van der Waals surface area contributed by atoms with Gasteiger partial charge in [0.2, 0.25) is 0 Å². The lowest BCUT2D eigenvalue weighted by Gasteiger charge is -2.23. The molecule has 5 aromatic carbocycles. The van der Waals surface area contributed by atoms with Gasteiger partial charge in [0.05, 0.1) is 5.69 Å². The highest BCUT2D eigenvalue weighted by Crippen LogP contribution is 2.45. The SMILES string of the molecule is CC(C)(C)c1cccc(-c2c3ccccc3c(-c3ccc4c(c3)CC(c3cccc(C5=CCNC=C5)n3)C=C4)c3ccccc23)c1. The summed E-state index contributed by atoms with van der Waals surface area (Å²) in [6.45, 7) is 7.71. The van der Waals surface area contributed by atoms with Gasteiger partial charge in [0.25, 0.3) is 0 Å². The summed E-state index contributed by atoms with van der Waals surface area (Å²) in [6, 6.07) is 40.5. The lowest BCUT2D eigenvalue weighted by molar-refractivity contribution is 0.590. The van der Waals surface area contributed by atoms with Crippen LogP contribution in [0.3, 0.4) is 0 Å². The van der Waals surface area contributed by atoms with Crippen LogP contribution >= 0.6 is 0 Å². The molecule has 224 valence electrons. The third-order valence-electron chi connectivity index (χ3n) is 9.60. The topological polar surface area (TPSA) is 24.9 Å². The first-order valence-corrected chi connectivity index (χ1v) is 16.4. The fraction of sp³-hybridized carbons (Fsp3) is 0.159. The molecule has 1 aliphatic carbocycles. The van der Waals surface area contributed by atoms with Gasteiger partial charge in [0.15, 0.2) is 0 Å². The summed E-state index contributed by atoms with van der Waals surface area (Å²) in [7, 11) is 0. The largest absolute Gasteiger partial charge is 0.387 e. The monoisotopic (exact) mass is 594 g/mol. The Morgan fingerprint density at radius 3 is 2.00 bits per heavy atom. The first kappa shape index (κ1) is 28.3. The van der Waals surface area contributed by atoms with E-state index in [2.05, 4.69) is 160 Å². The number of hydrogen-bond acceptors (Lipinski definition) is 2. The Labute approximate surface area is 271 Å². The van der Waals surface area contributed by atoms with Crippen LogP contribution in [0.2, 0.25) is 0 Å². The average molecular weight is 595 g/mol. The number of benzene rings is 5. The molecule has 6 aromatic rings. The minimum absolute atomic E-state index is 0.0789.